The summed E-state index contributed by atoms with van der Waals surface area (Å²) in [6, 6.07) is 4.86. The number of nitrogens with zero attached hydrogens (tertiary/aromatic N) is 5. The fourth-order valence-electron chi connectivity index (χ4n) is 3.78. The maximum Gasteiger partial charge on any atom is 0.277 e. The number of nitrogens with one attached hydrogen (secondary N) is 2. The summed E-state index contributed by atoms with van der Waals surface area (Å²) in [4.78, 5) is 32.6. The number of anilines is 1. The number of nitrogens with two attached hydrogens (primary N) is 1. The Kier molecular flexibility index (Phi) is 5.01. The van der Waals surface area contributed by atoms with Gasteiger partial charge in [0.25, 0.3) is 11.7 Å². The number of hydrogen-bond acceptors (Lipinski definition) is 7. The van der Waals surface area contributed by atoms with E-state index in [0.29, 0.717) is 29.9 Å². The first-order chi connectivity index (χ1) is 14.8. The van der Waals surface area contributed by atoms with E-state index in [9.17, 15) is 14.7 Å². The summed E-state index contributed by atoms with van der Waals surface area (Å²) in [5, 5.41) is 20.9. The Hall–Kier alpha value is -4.02. The minimum Gasteiger partial charge on any atom is -0.545 e. The molecule has 31 heavy (non-hydrogen) atoms. The van der Waals surface area contributed by atoms with Crippen molar-refractivity contribution in [2.24, 2.45) is 0 Å². The Morgan fingerprint density at radius 3 is 2.74 bits per heavy atom. The topological polar surface area (TPSA) is 159 Å². The van der Waals surface area contributed by atoms with Crippen molar-refractivity contribution in [3.05, 3.63) is 41.0 Å². The first-order valence-corrected chi connectivity index (χ1v) is 9.88. The molecule has 160 valence electrons. The van der Waals surface area contributed by atoms with Gasteiger partial charge in [-0.15, -0.1) is 0 Å². The second kappa shape index (κ2) is 7.67. The molecule has 4 N–H and O–H groups in total. The van der Waals surface area contributed by atoms with Crippen molar-refractivity contribution in [2.75, 3.05) is 5.73 Å². The van der Waals surface area contributed by atoms with Crippen molar-refractivity contribution in [3.63, 3.8) is 0 Å². The van der Waals surface area contributed by atoms with Gasteiger partial charge in [-0.3, -0.25) is 9.89 Å². The van der Waals surface area contributed by atoms with E-state index in [1.807, 2.05) is 23.0 Å². The minimum atomic E-state index is -1.23. The van der Waals surface area contributed by atoms with E-state index < -0.39 is 11.9 Å². The second-order valence-electron chi connectivity index (χ2n) is 7.06. The van der Waals surface area contributed by atoms with Crippen LogP contribution in [0.5, 0.6) is 0 Å². The molecule has 3 heterocycles. The van der Waals surface area contributed by atoms with Gasteiger partial charge in [-0.05, 0) is 39.0 Å². The van der Waals surface area contributed by atoms with E-state index in [2.05, 4.69) is 25.5 Å². The monoisotopic (exact) mass is 422 g/mol. The van der Waals surface area contributed by atoms with E-state index in [-0.39, 0.29) is 23.6 Å². The quantitative estimate of drug-likeness (QED) is 0.363. The lowest BCUT2D eigenvalue weighted by atomic mass is 10.2. The van der Waals surface area contributed by atoms with Crippen LogP contribution >= 0.6 is 0 Å². The molecule has 11 heteroatoms. The number of aryl methyl sites for hydroxylation is 3. The van der Waals surface area contributed by atoms with Crippen LogP contribution in [0.4, 0.5) is 5.82 Å². The van der Waals surface area contributed by atoms with Gasteiger partial charge in [-0.2, -0.15) is 5.10 Å². The SMILES string of the molecule is CCn1c(CNC(=O)c2nc3c(C)[nH]nc3nc2N)[n+](CC)c2ccc(C(=O)[O-])cc21. The van der Waals surface area contributed by atoms with Gasteiger partial charge in [0.05, 0.1) is 24.8 Å². The van der Waals surface area contributed by atoms with Crippen LogP contribution in [-0.2, 0) is 19.6 Å². The van der Waals surface area contributed by atoms with Crippen LogP contribution in [0.2, 0.25) is 0 Å². The van der Waals surface area contributed by atoms with Crippen molar-refractivity contribution in [2.45, 2.75) is 40.4 Å². The molecule has 0 radical (unpaired) electrons. The zero-order valence-corrected chi connectivity index (χ0v) is 17.4. The number of rotatable bonds is 6. The number of carboxylic acid groups (broad SMARTS) is 1. The number of benzene rings is 1. The number of aromatic carboxylic acids is 1. The molecule has 0 aliphatic heterocycles. The molecule has 0 saturated carbocycles. The second-order valence-corrected chi connectivity index (χ2v) is 7.06. The van der Waals surface area contributed by atoms with Crippen LogP contribution in [0.3, 0.4) is 0 Å². The molecular formula is C20H22N8O3. The molecule has 1 amide bonds. The van der Waals surface area contributed by atoms with Crippen LogP contribution in [0, 0.1) is 6.92 Å². The molecule has 11 nitrogen and oxygen atoms in total. The summed E-state index contributed by atoms with van der Waals surface area (Å²) in [7, 11) is 0. The normalized spacial score (nSPS) is 11.3. The summed E-state index contributed by atoms with van der Waals surface area (Å²) in [6.45, 7) is 7.15. The van der Waals surface area contributed by atoms with Crippen LogP contribution in [0.25, 0.3) is 22.2 Å². The van der Waals surface area contributed by atoms with Crippen molar-refractivity contribution in [1.82, 2.24) is 30.0 Å². The summed E-state index contributed by atoms with van der Waals surface area (Å²) >= 11 is 0. The lowest BCUT2D eigenvalue weighted by Crippen LogP contribution is -2.40. The van der Waals surface area contributed by atoms with Gasteiger partial charge in [0.15, 0.2) is 22.5 Å². The third kappa shape index (κ3) is 3.33. The average Bonchev–Trinajstić information content (AvgIpc) is 3.26. The first kappa shape index (κ1) is 20.3. The number of carbonyl (C=O) groups excluding carboxylic acids is 2. The predicted molar refractivity (Wildman–Crippen MR) is 110 cm³/mol. The molecule has 0 fully saturated rings. The maximum absolute atomic E-state index is 12.8. The lowest BCUT2D eigenvalue weighted by Gasteiger charge is -2.07. The standard InChI is InChI=1S/C20H22N8O3/c1-4-27-12-7-6-11(20(30)31)8-13(12)28(5-2)14(27)9-22-19(29)16-17(21)24-18-15(23-16)10(3)25-26-18/h6-8H,4-5,9H2,1-3H3,(H4-,21,22,23,24,25,26,29,30,31). The number of fused-ring (bicyclic) bond motifs is 2. The Bertz CT molecular complexity index is 1340. The highest BCUT2D eigenvalue weighted by Gasteiger charge is 2.25. The van der Waals surface area contributed by atoms with Gasteiger partial charge in [0.2, 0.25) is 5.65 Å². The van der Waals surface area contributed by atoms with Gasteiger partial charge >= 0.3 is 0 Å². The lowest BCUT2D eigenvalue weighted by molar-refractivity contribution is -0.676. The van der Waals surface area contributed by atoms with Crippen molar-refractivity contribution < 1.29 is 19.3 Å². The largest absolute Gasteiger partial charge is 0.545 e. The highest BCUT2D eigenvalue weighted by Crippen LogP contribution is 2.18. The zero-order chi connectivity index (χ0) is 22.3. The molecule has 0 saturated heterocycles. The smallest absolute Gasteiger partial charge is 0.277 e. The number of amides is 1. The molecule has 4 aromatic rings. The molecule has 0 unspecified atom stereocenters. The Labute approximate surface area is 176 Å². The number of aromatic nitrogens is 6. The van der Waals surface area contributed by atoms with E-state index >= 15 is 0 Å². The highest BCUT2D eigenvalue weighted by atomic mass is 16.4. The summed E-state index contributed by atoms with van der Waals surface area (Å²) in [5.74, 6) is -0.883. The van der Waals surface area contributed by atoms with Crippen molar-refractivity contribution in [3.8, 4) is 0 Å². The number of nitrogen functional groups attached to an aromatic ring is 1. The van der Waals surface area contributed by atoms with E-state index in [4.69, 9.17) is 5.73 Å². The summed E-state index contributed by atoms with van der Waals surface area (Å²) in [5.41, 5.74) is 9.20. The Morgan fingerprint density at radius 1 is 1.29 bits per heavy atom. The van der Waals surface area contributed by atoms with Gasteiger partial charge < -0.3 is 21.0 Å². The first-order valence-electron chi connectivity index (χ1n) is 9.88. The molecule has 0 atom stereocenters. The summed E-state index contributed by atoms with van der Waals surface area (Å²) < 4.78 is 3.99. The number of H-pyrrole nitrogens is 1. The van der Waals surface area contributed by atoms with Crippen LogP contribution in [0.1, 0.15) is 46.2 Å². The molecule has 1 aromatic carbocycles. The predicted octanol–water partition coefficient (Wildman–Crippen LogP) is -0.181. The maximum atomic E-state index is 12.8. The Morgan fingerprint density at radius 2 is 2.06 bits per heavy atom. The molecule has 3 aromatic heterocycles. The molecule has 0 spiro atoms. The van der Waals surface area contributed by atoms with Gasteiger partial charge in [0.1, 0.15) is 12.1 Å². The fraction of sp³-hybridized carbons (Fsp3) is 0.300. The van der Waals surface area contributed by atoms with Gasteiger partial charge in [-0.25, -0.2) is 19.1 Å². The molecular weight excluding hydrogens is 400 g/mol. The number of carbonyl (C=O) groups is 2. The van der Waals surface area contributed by atoms with Gasteiger partial charge in [-0.1, -0.05) is 0 Å². The molecule has 0 aliphatic rings. The van der Waals surface area contributed by atoms with E-state index in [1.165, 1.54) is 6.07 Å². The molecule has 0 aliphatic carbocycles. The van der Waals surface area contributed by atoms with Crippen molar-refractivity contribution in [1.29, 1.82) is 0 Å². The van der Waals surface area contributed by atoms with E-state index in [0.717, 1.165) is 16.9 Å². The van der Waals surface area contributed by atoms with Crippen LogP contribution in [-0.4, -0.2) is 36.6 Å². The van der Waals surface area contributed by atoms with Crippen molar-refractivity contribution >= 4 is 39.9 Å². The number of aromatic amines is 1. The van der Waals surface area contributed by atoms with Gasteiger partial charge in [0, 0.05) is 5.56 Å². The number of imidazole rings is 1. The minimum absolute atomic E-state index is 0.00509. The molecule has 0 bridgehead atoms. The van der Waals surface area contributed by atoms with E-state index in [1.54, 1.807) is 19.1 Å². The third-order valence-corrected chi connectivity index (χ3v) is 5.26. The van der Waals surface area contributed by atoms with Crippen LogP contribution < -0.4 is 20.7 Å². The fourth-order valence-corrected chi connectivity index (χ4v) is 3.78. The highest BCUT2D eigenvalue weighted by molar-refractivity contribution is 5.98. The summed E-state index contributed by atoms with van der Waals surface area (Å²) in [6.07, 6.45) is 0. The Balaban J connectivity index is 1.70. The average molecular weight is 422 g/mol. The molecule has 4 rings (SSSR count). The number of carboxylic acids is 1. The third-order valence-electron chi connectivity index (χ3n) is 5.26. The zero-order valence-electron chi connectivity index (χ0n) is 17.4. The van der Waals surface area contributed by atoms with Crippen LogP contribution in [0.15, 0.2) is 18.2 Å². The number of hydrogen-bond donors (Lipinski definition) is 3.